The van der Waals surface area contributed by atoms with Gasteiger partial charge in [0, 0.05) is 6.04 Å². The van der Waals surface area contributed by atoms with Gasteiger partial charge < -0.3 is 5.73 Å². The molecule has 0 amide bonds. The summed E-state index contributed by atoms with van der Waals surface area (Å²) in [5.41, 5.74) is 9.70. The summed E-state index contributed by atoms with van der Waals surface area (Å²) in [4.78, 5) is 0. The van der Waals surface area contributed by atoms with Gasteiger partial charge in [0.15, 0.2) is 0 Å². The quantitative estimate of drug-likeness (QED) is 0.844. The van der Waals surface area contributed by atoms with Crippen LogP contribution in [0, 0.1) is 5.41 Å². The van der Waals surface area contributed by atoms with Gasteiger partial charge in [0.25, 0.3) is 0 Å². The predicted octanol–water partition coefficient (Wildman–Crippen LogP) is 3.65. The molecule has 1 aliphatic rings. The van der Waals surface area contributed by atoms with Crippen molar-refractivity contribution in [2.45, 2.75) is 58.4 Å². The van der Waals surface area contributed by atoms with Gasteiger partial charge >= 0.3 is 0 Å². The van der Waals surface area contributed by atoms with Crippen molar-refractivity contribution >= 4 is 0 Å². The first kappa shape index (κ1) is 12.6. The van der Waals surface area contributed by atoms with Crippen LogP contribution in [-0.4, -0.2) is 6.04 Å². The summed E-state index contributed by atoms with van der Waals surface area (Å²) < 4.78 is 0. The highest BCUT2D eigenvalue weighted by Crippen LogP contribution is 2.48. The molecule has 0 aromatic heterocycles. The molecule has 2 N–H and O–H groups in total. The average Bonchev–Trinajstić information content (AvgIpc) is 2.97. The molecule has 0 aliphatic heterocycles. The molecular formula is C16H25N. The fourth-order valence-electron chi connectivity index (χ4n) is 2.21. The Morgan fingerprint density at radius 2 is 1.71 bits per heavy atom. The first-order valence-electron chi connectivity index (χ1n) is 6.66. The smallest absolute Gasteiger partial charge is 0.0133 e. The second-order valence-corrected chi connectivity index (χ2v) is 6.91. The van der Waals surface area contributed by atoms with Gasteiger partial charge in [0.1, 0.15) is 0 Å². The topological polar surface area (TPSA) is 26.0 Å². The molecule has 1 saturated carbocycles. The van der Waals surface area contributed by atoms with Crippen molar-refractivity contribution in [1.29, 1.82) is 0 Å². The van der Waals surface area contributed by atoms with Crippen molar-refractivity contribution in [3.05, 3.63) is 35.4 Å². The SMILES string of the molecule is CC(C)(C)c1ccc(CC(N)C2(C)CC2)cc1. The highest BCUT2D eigenvalue weighted by molar-refractivity contribution is 5.28. The van der Waals surface area contributed by atoms with Gasteiger partial charge in [-0.2, -0.15) is 0 Å². The predicted molar refractivity (Wildman–Crippen MR) is 74.2 cm³/mol. The first-order valence-corrected chi connectivity index (χ1v) is 6.66. The van der Waals surface area contributed by atoms with Gasteiger partial charge in [-0.3, -0.25) is 0 Å². The van der Waals surface area contributed by atoms with E-state index >= 15 is 0 Å². The number of nitrogens with two attached hydrogens (primary N) is 1. The highest BCUT2D eigenvalue weighted by Gasteiger charge is 2.42. The molecule has 1 heteroatoms. The Bertz CT molecular complexity index is 379. The Balaban J connectivity index is 2.03. The summed E-state index contributed by atoms with van der Waals surface area (Å²) >= 11 is 0. The summed E-state index contributed by atoms with van der Waals surface area (Å²) in [6, 6.07) is 9.30. The van der Waals surface area contributed by atoms with E-state index in [0.717, 1.165) is 6.42 Å². The molecule has 1 fully saturated rings. The van der Waals surface area contributed by atoms with Crippen molar-refractivity contribution in [3.63, 3.8) is 0 Å². The third kappa shape index (κ3) is 2.90. The van der Waals surface area contributed by atoms with E-state index in [1.165, 1.54) is 24.0 Å². The standard InChI is InChI=1S/C16H25N/c1-15(2,3)13-7-5-12(6-8-13)11-14(17)16(4)9-10-16/h5-8,14H,9-11,17H2,1-4H3. The van der Waals surface area contributed by atoms with Crippen LogP contribution in [-0.2, 0) is 11.8 Å². The average molecular weight is 231 g/mol. The number of hydrogen-bond donors (Lipinski definition) is 1. The van der Waals surface area contributed by atoms with E-state index in [2.05, 4.69) is 52.0 Å². The second-order valence-electron chi connectivity index (χ2n) is 6.91. The van der Waals surface area contributed by atoms with Crippen LogP contribution in [0.2, 0.25) is 0 Å². The van der Waals surface area contributed by atoms with E-state index in [9.17, 15) is 0 Å². The van der Waals surface area contributed by atoms with Gasteiger partial charge in [-0.25, -0.2) is 0 Å². The Morgan fingerprint density at radius 1 is 1.18 bits per heavy atom. The molecule has 1 aromatic rings. The minimum Gasteiger partial charge on any atom is -0.327 e. The maximum atomic E-state index is 6.27. The van der Waals surface area contributed by atoms with Crippen LogP contribution in [0.1, 0.15) is 51.7 Å². The lowest BCUT2D eigenvalue weighted by molar-refractivity contribution is 0.433. The molecule has 0 spiro atoms. The fraction of sp³-hybridized carbons (Fsp3) is 0.625. The highest BCUT2D eigenvalue weighted by atomic mass is 14.7. The van der Waals surface area contributed by atoms with Gasteiger partial charge in [-0.15, -0.1) is 0 Å². The van der Waals surface area contributed by atoms with Gasteiger partial charge in [-0.05, 0) is 41.2 Å². The second kappa shape index (κ2) is 4.13. The maximum Gasteiger partial charge on any atom is 0.0133 e. The Hall–Kier alpha value is -0.820. The molecular weight excluding hydrogens is 206 g/mol. The third-order valence-corrected chi connectivity index (χ3v) is 4.21. The number of rotatable bonds is 3. The van der Waals surface area contributed by atoms with E-state index in [1.807, 2.05) is 0 Å². The van der Waals surface area contributed by atoms with E-state index in [-0.39, 0.29) is 5.41 Å². The molecule has 2 rings (SSSR count). The Morgan fingerprint density at radius 3 is 2.12 bits per heavy atom. The van der Waals surface area contributed by atoms with E-state index in [4.69, 9.17) is 5.73 Å². The molecule has 1 aliphatic carbocycles. The van der Waals surface area contributed by atoms with Crippen molar-refractivity contribution in [1.82, 2.24) is 0 Å². The molecule has 0 saturated heterocycles. The van der Waals surface area contributed by atoms with Gasteiger partial charge in [-0.1, -0.05) is 52.0 Å². The lowest BCUT2D eigenvalue weighted by Gasteiger charge is -2.21. The molecule has 1 unspecified atom stereocenters. The Labute approximate surface area is 105 Å². The molecule has 17 heavy (non-hydrogen) atoms. The molecule has 0 radical (unpaired) electrons. The van der Waals surface area contributed by atoms with Crippen LogP contribution in [0.25, 0.3) is 0 Å². The minimum absolute atomic E-state index is 0.239. The zero-order chi connectivity index (χ0) is 12.7. The normalized spacial score (nSPS) is 20.1. The lowest BCUT2D eigenvalue weighted by Crippen LogP contribution is -2.31. The molecule has 0 bridgehead atoms. The first-order chi connectivity index (χ1) is 7.81. The van der Waals surface area contributed by atoms with E-state index in [0.29, 0.717) is 11.5 Å². The molecule has 1 nitrogen and oxygen atoms in total. The molecule has 94 valence electrons. The van der Waals surface area contributed by atoms with Gasteiger partial charge in [0.2, 0.25) is 0 Å². The van der Waals surface area contributed by atoms with Crippen molar-refractivity contribution in [3.8, 4) is 0 Å². The van der Waals surface area contributed by atoms with Crippen molar-refractivity contribution in [2.24, 2.45) is 11.1 Å². The molecule has 1 atom stereocenters. The monoisotopic (exact) mass is 231 g/mol. The van der Waals surface area contributed by atoms with Crippen molar-refractivity contribution < 1.29 is 0 Å². The fourth-order valence-corrected chi connectivity index (χ4v) is 2.21. The third-order valence-electron chi connectivity index (χ3n) is 4.21. The summed E-state index contributed by atoms with van der Waals surface area (Å²) in [7, 11) is 0. The lowest BCUT2D eigenvalue weighted by atomic mass is 9.85. The summed E-state index contributed by atoms with van der Waals surface area (Å²) in [5.74, 6) is 0. The zero-order valence-corrected chi connectivity index (χ0v) is 11.6. The molecule has 0 heterocycles. The number of hydrogen-bond acceptors (Lipinski definition) is 1. The van der Waals surface area contributed by atoms with Crippen LogP contribution in [0.15, 0.2) is 24.3 Å². The Kier molecular flexibility index (Phi) is 3.07. The van der Waals surface area contributed by atoms with E-state index < -0.39 is 0 Å². The van der Waals surface area contributed by atoms with Crippen LogP contribution >= 0.6 is 0 Å². The summed E-state index contributed by atoms with van der Waals surface area (Å²) in [6.45, 7) is 9.05. The van der Waals surface area contributed by atoms with E-state index in [1.54, 1.807) is 0 Å². The maximum absolute atomic E-state index is 6.27. The minimum atomic E-state index is 0.239. The van der Waals surface area contributed by atoms with Crippen LogP contribution in [0.4, 0.5) is 0 Å². The summed E-state index contributed by atoms with van der Waals surface area (Å²) in [5, 5.41) is 0. The van der Waals surface area contributed by atoms with Gasteiger partial charge in [0.05, 0.1) is 0 Å². The number of benzene rings is 1. The van der Waals surface area contributed by atoms with Crippen LogP contribution in [0.3, 0.4) is 0 Å². The zero-order valence-electron chi connectivity index (χ0n) is 11.6. The van der Waals surface area contributed by atoms with Crippen LogP contribution in [0.5, 0.6) is 0 Å². The summed E-state index contributed by atoms with van der Waals surface area (Å²) in [6.07, 6.45) is 3.61. The van der Waals surface area contributed by atoms with Crippen molar-refractivity contribution in [2.75, 3.05) is 0 Å². The van der Waals surface area contributed by atoms with Crippen LogP contribution < -0.4 is 5.73 Å². The molecule has 1 aromatic carbocycles. The largest absolute Gasteiger partial charge is 0.327 e.